The zero-order valence-electron chi connectivity index (χ0n) is 10.7. The second kappa shape index (κ2) is 6.53. The van der Waals surface area contributed by atoms with Gasteiger partial charge in [-0.25, -0.2) is 4.39 Å². The first-order valence-corrected chi connectivity index (χ1v) is 6.93. The summed E-state index contributed by atoms with van der Waals surface area (Å²) in [6.45, 7) is 0. The molecular formula is C14H11FIN3O2. The number of nitrogens with one attached hydrogen (secondary N) is 1. The zero-order chi connectivity index (χ0) is 15.4. The molecule has 0 heterocycles. The fraction of sp³-hybridized carbons (Fsp3) is 0. The number of carbonyl (C=O) groups is 1. The fourth-order valence-electron chi connectivity index (χ4n) is 1.72. The lowest BCUT2D eigenvalue weighted by Crippen LogP contribution is -2.19. The van der Waals surface area contributed by atoms with Crippen LogP contribution in [0.3, 0.4) is 0 Å². The molecule has 2 aromatic rings. The number of hydrogen-bond donors (Lipinski definition) is 3. The van der Waals surface area contributed by atoms with Gasteiger partial charge in [-0.3, -0.25) is 4.79 Å². The highest BCUT2D eigenvalue weighted by Crippen LogP contribution is 2.18. The lowest BCUT2D eigenvalue weighted by atomic mass is 10.1. The van der Waals surface area contributed by atoms with E-state index >= 15 is 0 Å². The summed E-state index contributed by atoms with van der Waals surface area (Å²) in [4.78, 5) is 12.2. The van der Waals surface area contributed by atoms with E-state index in [1.807, 2.05) is 6.07 Å². The lowest BCUT2D eigenvalue weighted by molar-refractivity contribution is 0.102. The van der Waals surface area contributed by atoms with Gasteiger partial charge in [0.05, 0.1) is 5.69 Å². The fourth-order valence-corrected chi connectivity index (χ4v) is 2.26. The van der Waals surface area contributed by atoms with Crippen LogP contribution in [0.1, 0.15) is 15.9 Å². The smallest absolute Gasteiger partial charge is 0.255 e. The Morgan fingerprint density at radius 3 is 2.71 bits per heavy atom. The second-order valence-electron chi connectivity index (χ2n) is 4.14. The number of nitrogens with two attached hydrogens (primary N) is 1. The maximum absolute atomic E-state index is 13.3. The summed E-state index contributed by atoms with van der Waals surface area (Å²) in [7, 11) is 0. The number of nitrogens with zero attached hydrogens (tertiary/aromatic N) is 1. The molecule has 0 aliphatic rings. The third kappa shape index (κ3) is 3.69. The SMILES string of the molecule is N/C(=N/O)c1cc(F)ccc1NC(=O)c1cccc(I)c1. The summed E-state index contributed by atoms with van der Waals surface area (Å²) in [6.07, 6.45) is 0. The van der Waals surface area contributed by atoms with Gasteiger partial charge >= 0.3 is 0 Å². The zero-order valence-corrected chi connectivity index (χ0v) is 12.8. The molecule has 0 saturated heterocycles. The number of amidine groups is 1. The third-order valence-corrected chi connectivity index (χ3v) is 3.37. The summed E-state index contributed by atoms with van der Waals surface area (Å²) in [5.74, 6) is -1.21. The Morgan fingerprint density at radius 1 is 1.29 bits per heavy atom. The maximum atomic E-state index is 13.3. The van der Waals surface area contributed by atoms with Gasteiger partial charge in [-0.2, -0.15) is 0 Å². The Kier molecular flexibility index (Phi) is 4.73. The molecular weight excluding hydrogens is 388 g/mol. The monoisotopic (exact) mass is 399 g/mol. The second-order valence-corrected chi connectivity index (χ2v) is 5.39. The molecule has 7 heteroatoms. The largest absolute Gasteiger partial charge is 0.409 e. The van der Waals surface area contributed by atoms with Crippen molar-refractivity contribution < 1.29 is 14.4 Å². The van der Waals surface area contributed by atoms with Crippen molar-refractivity contribution >= 4 is 40.0 Å². The number of hydrogen-bond acceptors (Lipinski definition) is 3. The van der Waals surface area contributed by atoms with E-state index in [9.17, 15) is 9.18 Å². The van der Waals surface area contributed by atoms with Gasteiger partial charge in [-0.1, -0.05) is 11.2 Å². The van der Waals surface area contributed by atoms with Crippen molar-refractivity contribution in [3.63, 3.8) is 0 Å². The molecule has 1 amide bonds. The highest BCUT2D eigenvalue weighted by Gasteiger charge is 2.13. The highest BCUT2D eigenvalue weighted by atomic mass is 127. The van der Waals surface area contributed by atoms with Crippen molar-refractivity contribution in [3.8, 4) is 0 Å². The van der Waals surface area contributed by atoms with Crippen LogP contribution >= 0.6 is 22.6 Å². The number of oxime groups is 1. The predicted octanol–water partition coefficient (Wildman–Crippen LogP) is 2.78. The summed E-state index contributed by atoms with van der Waals surface area (Å²) < 4.78 is 14.2. The van der Waals surface area contributed by atoms with Gasteiger partial charge in [0.15, 0.2) is 5.84 Å². The molecule has 0 atom stereocenters. The van der Waals surface area contributed by atoms with Crippen LogP contribution in [0.25, 0.3) is 0 Å². The molecule has 21 heavy (non-hydrogen) atoms. The maximum Gasteiger partial charge on any atom is 0.255 e. The van der Waals surface area contributed by atoms with Gasteiger partial charge in [0.25, 0.3) is 5.91 Å². The van der Waals surface area contributed by atoms with Crippen molar-refractivity contribution in [1.29, 1.82) is 0 Å². The first-order chi connectivity index (χ1) is 10.0. The minimum absolute atomic E-state index is 0.108. The van der Waals surface area contributed by atoms with Gasteiger partial charge in [-0.05, 0) is 59.0 Å². The number of rotatable bonds is 3. The van der Waals surface area contributed by atoms with Crippen molar-refractivity contribution in [2.24, 2.45) is 10.9 Å². The Labute approximate surface area is 133 Å². The average Bonchev–Trinajstić information content (AvgIpc) is 2.48. The normalized spacial score (nSPS) is 11.2. The molecule has 2 rings (SSSR count). The molecule has 0 bridgehead atoms. The lowest BCUT2D eigenvalue weighted by Gasteiger charge is -2.10. The molecule has 0 aromatic heterocycles. The molecule has 0 radical (unpaired) electrons. The van der Waals surface area contributed by atoms with Gasteiger partial charge in [0.2, 0.25) is 0 Å². The molecule has 108 valence electrons. The van der Waals surface area contributed by atoms with Crippen LogP contribution in [0.15, 0.2) is 47.6 Å². The molecule has 0 saturated carbocycles. The first-order valence-electron chi connectivity index (χ1n) is 5.85. The van der Waals surface area contributed by atoms with E-state index in [0.29, 0.717) is 5.56 Å². The van der Waals surface area contributed by atoms with Crippen molar-refractivity contribution in [3.05, 3.63) is 63.0 Å². The number of amides is 1. The molecule has 5 nitrogen and oxygen atoms in total. The molecule has 0 aliphatic heterocycles. The number of carbonyl (C=O) groups excluding carboxylic acids is 1. The highest BCUT2D eigenvalue weighted by molar-refractivity contribution is 14.1. The molecule has 4 N–H and O–H groups in total. The van der Waals surface area contributed by atoms with E-state index in [2.05, 4.69) is 33.1 Å². The van der Waals surface area contributed by atoms with E-state index in [1.54, 1.807) is 18.2 Å². The van der Waals surface area contributed by atoms with Crippen LogP contribution < -0.4 is 11.1 Å². The van der Waals surface area contributed by atoms with E-state index < -0.39 is 5.82 Å². The van der Waals surface area contributed by atoms with Gasteiger partial charge < -0.3 is 16.3 Å². The molecule has 0 spiro atoms. The van der Waals surface area contributed by atoms with Crippen LogP contribution in [0.4, 0.5) is 10.1 Å². The predicted molar refractivity (Wildman–Crippen MR) is 86.0 cm³/mol. The molecule has 0 unspecified atom stereocenters. The minimum atomic E-state index is -0.552. The van der Waals surface area contributed by atoms with E-state index in [4.69, 9.17) is 10.9 Å². The van der Waals surface area contributed by atoms with Crippen LogP contribution in [0.2, 0.25) is 0 Å². The van der Waals surface area contributed by atoms with Gasteiger partial charge in [0.1, 0.15) is 5.82 Å². The summed E-state index contributed by atoms with van der Waals surface area (Å²) in [6, 6.07) is 10.6. The Bertz CT molecular complexity index is 719. The van der Waals surface area contributed by atoms with Crippen molar-refractivity contribution in [1.82, 2.24) is 0 Å². The van der Waals surface area contributed by atoms with Crippen LogP contribution in [-0.4, -0.2) is 17.0 Å². The minimum Gasteiger partial charge on any atom is -0.409 e. The summed E-state index contributed by atoms with van der Waals surface area (Å²) in [5, 5.41) is 14.2. The van der Waals surface area contributed by atoms with Crippen LogP contribution in [-0.2, 0) is 0 Å². The summed E-state index contributed by atoms with van der Waals surface area (Å²) >= 11 is 2.10. The Morgan fingerprint density at radius 2 is 2.05 bits per heavy atom. The van der Waals surface area contributed by atoms with E-state index in [-0.39, 0.29) is 23.0 Å². The molecule has 2 aromatic carbocycles. The van der Waals surface area contributed by atoms with Crippen LogP contribution in [0, 0.1) is 9.39 Å². The van der Waals surface area contributed by atoms with Crippen LogP contribution in [0.5, 0.6) is 0 Å². The Balaban J connectivity index is 2.33. The molecule has 0 aliphatic carbocycles. The first kappa shape index (κ1) is 15.2. The molecule has 0 fully saturated rings. The van der Waals surface area contributed by atoms with Crippen molar-refractivity contribution in [2.45, 2.75) is 0 Å². The van der Waals surface area contributed by atoms with E-state index in [1.165, 1.54) is 12.1 Å². The van der Waals surface area contributed by atoms with Gasteiger partial charge in [0, 0.05) is 14.7 Å². The number of halogens is 2. The topological polar surface area (TPSA) is 87.7 Å². The number of benzene rings is 2. The quantitative estimate of drug-likeness (QED) is 0.244. The number of anilines is 1. The third-order valence-electron chi connectivity index (χ3n) is 2.70. The van der Waals surface area contributed by atoms with E-state index in [0.717, 1.165) is 9.64 Å². The Hall–Kier alpha value is -2.16. The average molecular weight is 399 g/mol. The van der Waals surface area contributed by atoms with Gasteiger partial charge in [-0.15, -0.1) is 0 Å². The summed E-state index contributed by atoms with van der Waals surface area (Å²) in [5.41, 5.74) is 6.31. The van der Waals surface area contributed by atoms with Crippen molar-refractivity contribution in [2.75, 3.05) is 5.32 Å². The standard InChI is InChI=1S/C14H11FIN3O2/c15-9-4-5-12(11(7-9)13(17)19-21)18-14(20)8-2-1-3-10(16)6-8/h1-7,21H,(H2,17,19)(H,18,20).